The summed E-state index contributed by atoms with van der Waals surface area (Å²) in [6.45, 7) is 4.23. The zero-order valence-corrected chi connectivity index (χ0v) is 18.2. The fourth-order valence-electron chi connectivity index (χ4n) is 3.76. The number of Topliss-reactive ketones (excluding diaryl/α,β-unsaturated/α-hetero) is 1. The number of carbonyl (C=O) groups is 1. The van der Waals surface area contributed by atoms with Gasteiger partial charge in [-0.05, 0) is 37.0 Å². The minimum atomic E-state index is -0.383. The second kappa shape index (κ2) is 7.87. The quantitative estimate of drug-likeness (QED) is 0.497. The molecule has 0 fully saturated rings. The van der Waals surface area contributed by atoms with Crippen molar-refractivity contribution in [2.75, 3.05) is 5.32 Å². The third-order valence-electron chi connectivity index (χ3n) is 5.33. The minimum Gasteiger partial charge on any atom is -0.343 e. The smallest absolute Gasteiger partial charge is 0.257 e. The molecule has 1 aliphatic heterocycles. The van der Waals surface area contributed by atoms with Gasteiger partial charge in [-0.1, -0.05) is 53.7 Å². The molecule has 1 aromatic heterocycles. The van der Waals surface area contributed by atoms with E-state index < -0.39 is 0 Å². The second-order valence-electron chi connectivity index (χ2n) is 7.25. The Morgan fingerprint density at radius 2 is 2.00 bits per heavy atom. The zero-order chi connectivity index (χ0) is 19.8. The molecule has 2 N–H and O–H groups in total. The lowest BCUT2D eigenvalue weighted by molar-refractivity contribution is -0.116. The molecule has 5 nitrogen and oxygen atoms in total. The molecule has 0 radical (unpaired) electrons. The van der Waals surface area contributed by atoms with Crippen molar-refractivity contribution in [3.05, 3.63) is 61.5 Å². The number of hydrogen-bond acceptors (Lipinski definition) is 5. The summed E-state index contributed by atoms with van der Waals surface area (Å²) in [6.07, 6.45) is 3.14. The van der Waals surface area contributed by atoms with Gasteiger partial charge in [0.25, 0.3) is 5.56 Å². The van der Waals surface area contributed by atoms with E-state index in [1.54, 1.807) is 11.8 Å². The fourth-order valence-corrected chi connectivity index (χ4v) is 4.87. The van der Waals surface area contributed by atoms with Crippen LogP contribution in [0.4, 0.5) is 5.82 Å². The van der Waals surface area contributed by atoms with E-state index in [9.17, 15) is 9.59 Å². The largest absolute Gasteiger partial charge is 0.343 e. The highest BCUT2D eigenvalue weighted by molar-refractivity contribution is 9.10. The van der Waals surface area contributed by atoms with Gasteiger partial charge < -0.3 is 10.3 Å². The van der Waals surface area contributed by atoms with Crippen LogP contribution in [0.1, 0.15) is 56.6 Å². The van der Waals surface area contributed by atoms with Crippen LogP contribution in [0, 0.1) is 0 Å². The molecule has 4 rings (SSSR count). The number of anilines is 1. The van der Waals surface area contributed by atoms with Crippen LogP contribution in [0.15, 0.2) is 50.0 Å². The highest BCUT2D eigenvalue weighted by atomic mass is 79.9. The number of benzene rings is 1. The van der Waals surface area contributed by atoms with Gasteiger partial charge in [-0.25, -0.2) is 4.98 Å². The van der Waals surface area contributed by atoms with E-state index in [4.69, 9.17) is 4.98 Å². The number of aromatic nitrogens is 2. The molecule has 7 heteroatoms. The third-order valence-corrected chi connectivity index (χ3v) is 7.01. The van der Waals surface area contributed by atoms with Crippen LogP contribution < -0.4 is 10.9 Å². The molecular formula is C21H22BrN3O2S. The summed E-state index contributed by atoms with van der Waals surface area (Å²) in [5.74, 6) is 0.312. The number of halogens is 1. The molecule has 0 saturated heterocycles. The summed E-state index contributed by atoms with van der Waals surface area (Å²) in [5, 5.41) is 4.29. The number of thioether (sulfide) groups is 1. The molecule has 0 spiro atoms. The molecule has 2 aliphatic rings. The molecule has 1 aromatic carbocycles. The maximum absolute atomic E-state index is 13.1. The summed E-state index contributed by atoms with van der Waals surface area (Å²) in [5.41, 5.74) is 2.92. The van der Waals surface area contributed by atoms with Gasteiger partial charge in [-0.3, -0.25) is 9.59 Å². The van der Waals surface area contributed by atoms with Crippen LogP contribution in [0.5, 0.6) is 0 Å². The van der Waals surface area contributed by atoms with E-state index in [0.717, 1.165) is 40.6 Å². The summed E-state index contributed by atoms with van der Waals surface area (Å²) in [7, 11) is 0. The maximum atomic E-state index is 13.1. The summed E-state index contributed by atoms with van der Waals surface area (Å²) in [6, 6.07) is 7.83. The summed E-state index contributed by atoms with van der Waals surface area (Å²) < 4.78 is 0.960. The first-order chi connectivity index (χ1) is 13.5. The predicted molar refractivity (Wildman–Crippen MR) is 116 cm³/mol. The molecule has 0 amide bonds. The molecule has 28 heavy (non-hydrogen) atoms. The van der Waals surface area contributed by atoms with Crippen molar-refractivity contribution in [2.24, 2.45) is 0 Å². The number of carbonyl (C=O) groups excluding carboxylic acids is 1. The molecule has 146 valence electrons. The van der Waals surface area contributed by atoms with Crippen molar-refractivity contribution in [1.82, 2.24) is 9.97 Å². The van der Waals surface area contributed by atoms with Gasteiger partial charge in [-0.2, -0.15) is 0 Å². The lowest BCUT2D eigenvalue weighted by Crippen LogP contribution is -2.32. The Kier molecular flexibility index (Phi) is 5.47. The van der Waals surface area contributed by atoms with Gasteiger partial charge in [0, 0.05) is 33.3 Å². The van der Waals surface area contributed by atoms with E-state index in [1.807, 2.05) is 24.3 Å². The van der Waals surface area contributed by atoms with Gasteiger partial charge >= 0.3 is 0 Å². The Morgan fingerprint density at radius 1 is 1.25 bits per heavy atom. The Hall–Kier alpha value is -1.86. The van der Waals surface area contributed by atoms with Crippen molar-refractivity contribution in [3.63, 3.8) is 0 Å². The number of ketones is 1. The molecule has 2 atom stereocenters. The number of rotatable bonds is 4. The van der Waals surface area contributed by atoms with Crippen molar-refractivity contribution in [2.45, 2.75) is 55.9 Å². The molecule has 1 aliphatic carbocycles. The van der Waals surface area contributed by atoms with Gasteiger partial charge in [-0.15, -0.1) is 0 Å². The number of nitrogens with one attached hydrogen (secondary N) is 2. The van der Waals surface area contributed by atoms with Gasteiger partial charge in [0.05, 0.1) is 5.56 Å². The van der Waals surface area contributed by atoms with Crippen LogP contribution in [0.3, 0.4) is 0 Å². The molecule has 2 heterocycles. The number of nitrogens with zero attached hydrogens (tertiary/aromatic N) is 1. The summed E-state index contributed by atoms with van der Waals surface area (Å²) in [4.78, 5) is 33.6. The Balaban J connectivity index is 1.88. The monoisotopic (exact) mass is 459 g/mol. The lowest BCUT2D eigenvalue weighted by Gasteiger charge is -2.32. The van der Waals surface area contributed by atoms with Gasteiger partial charge in [0.2, 0.25) is 0 Å². The number of fused-ring (bicyclic) bond motifs is 1. The highest BCUT2D eigenvalue weighted by Crippen LogP contribution is 2.43. The number of H-pyrrole nitrogens is 1. The molecule has 2 aromatic rings. The average molecular weight is 460 g/mol. The van der Waals surface area contributed by atoms with Crippen molar-refractivity contribution in [1.29, 1.82) is 0 Å². The first-order valence-electron chi connectivity index (χ1n) is 9.57. The van der Waals surface area contributed by atoms with Gasteiger partial charge in [0.15, 0.2) is 10.9 Å². The van der Waals surface area contributed by atoms with E-state index >= 15 is 0 Å². The predicted octanol–water partition coefficient (Wildman–Crippen LogP) is 4.99. The van der Waals surface area contributed by atoms with Crippen LogP contribution in [0.25, 0.3) is 0 Å². The molecule has 0 saturated carbocycles. The van der Waals surface area contributed by atoms with Crippen molar-refractivity contribution >= 4 is 39.3 Å². The SMILES string of the molecule is CCC(C)Sc1nc2c(c(=O)[nH]1)C(c1ccc(Br)cc1)C1=C(CCCC1=O)N2. The van der Waals surface area contributed by atoms with E-state index in [-0.39, 0.29) is 17.3 Å². The standard InChI is InChI=1S/C21H22BrN3O2S/c1-3-11(2)28-21-24-19-18(20(27)25-21)16(12-7-9-13(22)10-8-12)17-14(23-19)5-4-6-15(17)26/h7-11,16H,3-6H2,1-2H3,(H2,23,24,25,27). The van der Waals surface area contributed by atoms with E-state index in [2.05, 4.69) is 40.1 Å². The first kappa shape index (κ1) is 19.5. The Bertz CT molecular complexity index is 1010. The average Bonchev–Trinajstić information content (AvgIpc) is 2.67. The van der Waals surface area contributed by atoms with E-state index in [1.165, 1.54) is 0 Å². The van der Waals surface area contributed by atoms with E-state index in [0.29, 0.717) is 28.2 Å². The highest BCUT2D eigenvalue weighted by Gasteiger charge is 2.37. The topological polar surface area (TPSA) is 74.8 Å². The molecule has 2 unspecified atom stereocenters. The van der Waals surface area contributed by atoms with Crippen molar-refractivity contribution in [3.8, 4) is 0 Å². The molecular weight excluding hydrogens is 438 g/mol. The maximum Gasteiger partial charge on any atom is 0.257 e. The summed E-state index contributed by atoms with van der Waals surface area (Å²) >= 11 is 5.02. The minimum absolute atomic E-state index is 0.116. The second-order valence-corrected chi connectivity index (χ2v) is 9.59. The first-order valence-corrected chi connectivity index (χ1v) is 11.2. The van der Waals surface area contributed by atoms with Gasteiger partial charge in [0.1, 0.15) is 5.82 Å². The fraction of sp³-hybridized carbons (Fsp3) is 0.381. The third kappa shape index (κ3) is 3.57. The zero-order valence-electron chi connectivity index (χ0n) is 15.8. The van der Waals surface area contributed by atoms with Crippen LogP contribution in [-0.4, -0.2) is 21.0 Å². The van der Waals surface area contributed by atoms with Crippen LogP contribution >= 0.6 is 27.7 Å². The van der Waals surface area contributed by atoms with Crippen molar-refractivity contribution < 1.29 is 4.79 Å². The Morgan fingerprint density at radius 3 is 2.71 bits per heavy atom. The lowest BCUT2D eigenvalue weighted by atomic mass is 9.76. The van der Waals surface area contributed by atoms with Crippen LogP contribution in [0.2, 0.25) is 0 Å². The number of hydrogen-bond donors (Lipinski definition) is 2. The van der Waals surface area contributed by atoms with Crippen LogP contribution in [-0.2, 0) is 4.79 Å². The number of allylic oxidation sites excluding steroid dienone is 2. The Labute approximate surface area is 176 Å². The normalized spacial score (nSPS) is 19.7. The number of aromatic amines is 1. The molecule has 0 bridgehead atoms.